The van der Waals surface area contributed by atoms with Gasteiger partial charge in [-0.15, -0.1) is 0 Å². The van der Waals surface area contributed by atoms with Crippen molar-refractivity contribution in [2.45, 2.75) is 33.1 Å². The Hall–Kier alpha value is -1.71. The molecule has 1 aliphatic heterocycles. The first-order valence-electron chi connectivity index (χ1n) is 6.64. The molecular weight excluding hydrogens is 245 g/mol. The number of carbonyl (C=O) groups excluding carboxylic acids is 2. The van der Waals surface area contributed by atoms with E-state index in [-0.39, 0.29) is 17.5 Å². The first-order chi connectivity index (χ1) is 9.04. The minimum absolute atomic E-state index is 0.00599. The molecule has 1 atom stereocenters. The Labute approximate surface area is 112 Å². The van der Waals surface area contributed by atoms with Gasteiger partial charge in [0.05, 0.1) is 5.92 Å². The van der Waals surface area contributed by atoms with Gasteiger partial charge in [0.2, 0.25) is 5.91 Å². The minimum atomic E-state index is -0.524. The van der Waals surface area contributed by atoms with Crippen LogP contribution in [0.3, 0.4) is 0 Å². The third-order valence-electron chi connectivity index (χ3n) is 3.63. The molecule has 1 aliphatic rings. The highest BCUT2D eigenvalue weighted by molar-refractivity contribution is 6.08. The SMILES string of the molecule is CCC(=O)C1CCCN(c2ccc(F)c(C)c2)C1=O. The molecule has 0 bridgehead atoms. The number of ketones is 1. The number of hydrogen-bond donors (Lipinski definition) is 0. The molecule has 0 aromatic heterocycles. The molecule has 1 amide bonds. The molecule has 1 fully saturated rings. The smallest absolute Gasteiger partial charge is 0.237 e. The van der Waals surface area contributed by atoms with Crippen molar-refractivity contribution in [1.29, 1.82) is 0 Å². The Morgan fingerprint density at radius 3 is 2.84 bits per heavy atom. The van der Waals surface area contributed by atoms with Crippen molar-refractivity contribution < 1.29 is 14.0 Å². The zero-order valence-electron chi connectivity index (χ0n) is 11.3. The summed E-state index contributed by atoms with van der Waals surface area (Å²) in [6, 6.07) is 4.62. The second-order valence-corrected chi connectivity index (χ2v) is 4.94. The lowest BCUT2D eigenvalue weighted by molar-refractivity contribution is -0.133. The lowest BCUT2D eigenvalue weighted by Gasteiger charge is -2.31. The predicted octanol–water partition coefficient (Wildman–Crippen LogP) is 2.86. The lowest BCUT2D eigenvalue weighted by atomic mass is 9.91. The first kappa shape index (κ1) is 13.7. The molecular formula is C15H18FNO2. The lowest BCUT2D eigenvalue weighted by Crippen LogP contribution is -2.44. The summed E-state index contributed by atoms with van der Waals surface area (Å²) >= 11 is 0. The highest BCUT2D eigenvalue weighted by Crippen LogP contribution is 2.26. The van der Waals surface area contributed by atoms with E-state index in [9.17, 15) is 14.0 Å². The molecule has 0 saturated carbocycles. The number of hydrogen-bond acceptors (Lipinski definition) is 2. The number of rotatable bonds is 3. The monoisotopic (exact) mass is 263 g/mol. The van der Waals surface area contributed by atoms with Crippen molar-refractivity contribution in [1.82, 2.24) is 0 Å². The minimum Gasteiger partial charge on any atom is -0.312 e. The van der Waals surface area contributed by atoms with Gasteiger partial charge in [0.15, 0.2) is 0 Å². The van der Waals surface area contributed by atoms with Crippen molar-refractivity contribution in [3.05, 3.63) is 29.6 Å². The van der Waals surface area contributed by atoms with Crippen LogP contribution < -0.4 is 4.90 Å². The number of halogens is 1. The molecule has 1 unspecified atom stereocenters. The van der Waals surface area contributed by atoms with Crippen LogP contribution in [0.2, 0.25) is 0 Å². The van der Waals surface area contributed by atoms with Gasteiger partial charge in [-0.05, 0) is 43.5 Å². The van der Waals surface area contributed by atoms with Crippen LogP contribution in [-0.2, 0) is 9.59 Å². The van der Waals surface area contributed by atoms with Gasteiger partial charge in [-0.3, -0.25) is 9.59 Å². The van der Waals surface area contributed by atoms with E-state index in [1.807, 2.05) is 0 Å². The number of nitrogens with zero attached hydrogens (tertiary/aromatic N) is 1. The molecule has 0 spiro atoms. The Morgan fingerprint density at radius 2 is 2.21 bits per heavy atom. The standard InChI is InChI=1S/C15H18FNO2/c1-3-14(18)12-5-4-8-17(15(12)19)11-6-7-13(16)10(2)9-11/h6-7,9,12H,3-5,8H2,1-2H3. The number of carbonyl (C=O) groups is 2. The maximum atomic E-state index is 13.3. The van der Waals surface area contributed by atoms with E-state index >= 15 is 0 Å². The van der Waals surface area contributed by atoms with E-state index in [0.717, 1.165) is 6.42 Å². The van der Waals surface area contributed by atoms with Crippen molar-refractivity contribution in [2.24, 2.45) is 5.92 Å². The average Bonchev–Trinajstić information content (AvgIpc) is 2.41. The summed E-state index contributed by atoms with van der Waals surface area (Å²) in [6.45, 7) is 4.04. The van der Waals surface area contributed by atoms with E-state index in [0.29, 0.717) is 30.6 Å². The molecule has 1 aromatic carbocycles. The molecule has 0 N–H and O–H groups in total. The largest absolute Gasteiger partial charge is 0.312 e. The van der Waals surface area contributed by atoms with Gasteiger partial charge in [-0.25, -0.2) is 4.39 Å². The van der Waals surface area contributed by atoms with Gasteiger partial charge < -0.3 is 4.90 Å². The fourth-order valence-electron chi connectivity index (χ4n) is 2.47. The van der Waals surface area contributed by atoms with Gasteiger partial charge in [0.25, 0.3) is 0 Å². The Bertz CT molecular complexity index is 513. The molecule has 4 heteroatoms. The van der Waals surface area contributed by atoms with Crippen molar-refractivity contribution >= 4 is 17.4 Å². The van der Waals surface area contributed by atoms with E-state index < -0.39 is 5.92 Å². The molecule has 1 aromatic rings. The highest BCUT2D eigenvalue weighted by Gasteiger charge is 2.33. The van der Waals surface area contributed by atoms with E-state index in [1.54, 1.807) is 30.9 Å². The highest BCUT2D eigenvalue weighted by atomic mass is 19.1. The fraction of sp³-hybridized carbons (Fsp3) is 0.467. The Kier molecular flexibility index (Phi) is 3.98. The molecule has 1 heterocycles. The fourth-order valence-corrected chi connectivity index (χ4v) is 2.47. The van der Waals surface area contributed by atoms with Crippen molar-refractivity contribution in [3.63, 3.8) is 0 Å². The zero-order chi connectivity index (χ0) is 14.0. The summed E-state index contributed by atoms with van der Waals surface area (Å²) in [5.41, 5.74) is 1.19. The third-order valence-corrected chi connectivity index (χ3v) is 3.63. The van der Waals surface area contributed by atoms with Crippen molar-refractivity contribution in [2.75, 3.05) is 11.4 Å². The first-order valence-corrected chi connectivity index (χ1v) is 6.64. The van der Waals surface area contributed by atoms with Crippen LogP contribution in [0, 0.1) is 18.7 Å². The van der Waals surface area contributed by atoms with Crippen LogP contribution in [0.1, 0.15) is 31.7 Å². The summed E-state index contributed by atoms with van der Waals surface area (Å²) in [7, 11) is 0. The number of amides is 1. The maximum Gasteiger partial charge on any atom is 0.237 e. The van der Waals surface area contributed by atoms with E-state index in [1.165, 1.54) is 6.07 Å². The van der Waals surface area contributed by atoms with E-state index in [2.05, 4.69) is 0 Å². The molecule has 19 heavy (non-hydrogen) atoms. The molecule has 0 aliphatic carbocycles. The summed E-state index contributed by atoms with van der Waals surface area (Å²) < 4.78 is 13.3. The predicted molar refractivity (Wildman–Crippen MR) is 71.5 cm³/mol. The summed E-state index contributed by atoms with van der Waals surface area (Å²) in [5.74, 6) is -0.962. The number of piperidine rings is 1. The van der Waals surface area contributed by atoms with Crippen LogP contribution in [0.4, 0.5) is 10.1 Å². The summed E-state index contributed by atoms with van der Waals surface area (Å²) in [5, 5.41) is 0. The van der Waals surface area contributed by atoms with Gasteiger partial charge in [0, 0.05) is 18.7 Å². The maximum absolute atomic E-state index is 13.3. The Morgan fingerprint density at radius 1 is 1.47 bits per heavy atom. The second kappa shape index (κ2) is 5.51. The Balaban J connectivity index is 2.26. The van der Waals surface area contributed by atoms with Crippen molar-refractivity contribution in [3.8, 4) is 0 Å². The summed E-state index contributed by atoms with van der Waals surface area (Å²) in [6.07, 6.45) is 1.81. The van der Waals surface area contributed by atoms with Crippen LogP contribution in [0.25, 0.3) is 0 Å². The number of Topliss-reactive ketones (excluding diaryl/α,β-unsaturated/α-hetero) is 1. The molecule has 1 saturated heterocycles. The summed E-state index contributed by atoms with van der Waals surface area (Å²) in [4.78, 5) is 25.7. The van der Waals surface area contributed by atoms with Crippen LogP contribution in [-0.4, -0.2) is 18.2 Å². The number of aryl methyl sites for hydroxylation is 1. The topological polar surface area (TPSA) is 37.4 Å². The van der Waals surface area contributed by atoms with Crippen LogP contribution in [0.15, 0.2) is 18.2 Å². The normalized spacial score (nSPS) is 19.6. The molecule has 3 nitrogen and oxygen atoms in total. The third kappa shape index (κ3) is 2.67. The number of anilines is 1. The van der Waals surface area contributed by atoms with Gasteiger partial charge >= 0.3 is 0 Å². The van der Waals surface area contributed by atoms with Crippen LogP contribution in [0.5, 0.6) is 0 Å². The average molecular weight is 263 g/mol. The molecule has 0 radical (unpaired) electrons. The molecule has 2 rings (SSSR count). The number of benzene rings is 1. The van der Waals surface area contributed by atoms with Gasteiger partial charge in [0.1, 0.15) is 11.6 Å². The van der Waals surface area contributed by atoms with Gasteiger partial charge in [-0.2, -0.15) is 0 Å². The van der Waals surface area contributed by atoms with E-state index in [4.69, 9.17) is 0 Å². The quantitative estimate of drug-likeness (QED) is 0.786. The second-order valence-electron chi connectivity index (χ2n) is 4.94. The van der Waals surface area contributed by atoms with Gasteiger partial charge in [-0.1, -0.05) is 6.92 Å². The zero-order valence-corrected chi connectivity index (χ0v) is 11.3. The van der Waals surface area contributed by atoms with Crippen LogP contribution >= 0.6 is 0 Å². The molecule has 102 valence electrons.